The summed E-state index contributed by atoms with van der Waals surface area (Å²) in [4.78, 5) is 13.6. The Morgan fingerprint density at radius 2 is 1.65 bits per heavy atom. The molecule has 0 aliphatic rings. The molecular weight excluding hydrogens is 372 g/mol. The Kier molecular flexibility index (Phi) is 4.89. The minimum atomic E-state index is -3.85. The summed E-state index contributed by atoms with van der Waals surface area (Å²) >= 11 is 6.12. The molecule has 0 spiro atoms. The van der Waals surface area contributed by atoms with Crippen molar-refractivity contribution in [3.05, 3.63) is 71.2 Å². The van der Waals surface area contributed by atoms with Gasteiger partial charge in [0.1, 0.15) is 0 Å². The van der Waals surface area contributed by atoms with Crippen molar-refractivity contribution in [3.63, 3.8) is 0 Å². The van der Waals surface area contributed by atoms with Gasteiger partial charge in [-0.2, -0.15) is 0 Å². The van der Waals surface area contributed by atoms with E-state index in [0.717, 1.165) is 10.8 Å². The summed E-state index contributed by atoms with van der Waals surface area (Å²) in [6, 6.07) is 16.9. The van der Waals surface area contributed by atoms with Gasteiger partial charge in [0.15, 0.2) is 0 Å². The largest absolute Gasteiger partial charge is 0.345 e. The summed E-state index contributed by atoms with van der Waals surface area (Å²) in [5.74, 6) is -0.243. The Labute approximate surface area is 157 Å². The van der Waals surface area contributed by atoms with E-state index in [9.17, 15) is 13.2 Å². The van der Waals surface area contributed by atoms with E-state index in [1.165, 1.54) is 23.1 Å². The molecule has 134 valence electrons. The molecule has 26 heavy (non-hydrogen) atoms. The lowest BCUT2D eigenvalue weighted by Gasteiger charge is -2.14. The highest BCUT2D eigenvalue weighted by atomic mass is 35.5. The van der Waals surface area contributed by atoms with Gasteiger partial charge >= 0.3 is 0 Å². The van der Waals surface area contributed by atoms with Crippen LogP contribution in [0.1, 0.15) is 10.4 Å². The number of fused-ring (bicyclic) bond motifs is 1. The number of benzene rings is 3. The van der Waals surface area contributed by atoms with Crippen molar-refractivity contribution >= 4 is 44.0 Å². The third-order valence-corrected chi connectivity index (χ3v) is 5.59. The summed E-state index contributed by atoms with van der Waals surface area (Å²) < 4.78 is 28.0. The maximum Gasteiger partial charge on any atom is 0.261 e. The van der Waals surface area contributed by atoms with Crippen LogP contribution in [0.3, 0.4) is 0 Å². The van der Waals surface area contributed by atoms with E-state index in [1.54, 1.807) is 32.3 Å². The molecular formula is C19H17ClN2O3S. The molecule has 0 unspecified atom stereocenters. The fraction of sp³-hybridized carbons (Fsp3) is 0.105. The van der Waals surface area contributed by atoms with Crippen molar-refractivity contribution in [2.24, 2.45) is 0 Å². The van der Waals surface area contributed by atoms with Gasteiger partial charge in [0.2, 0.25) is 0 Å². The molecule has 3 rings (SSSR count). The maximum absolute atomic E-state index is 12.7. The molecule has 5 nitrogen and oxygen atoms in total. The second kappa shape index (κ2) is 6.97. The number of amides is 1. The summed E-state index contributed by atoms with van der Waals surface area (Å²) in [5.41, 5.74) is 0.503. The molecule has 3 aromatic carbocycles. The van der Waals surface area contributed by atoms with E-state index in [1.807, 2.05) is 24.3 Å². The van der Waals surface area contributed by atoms with Crippen molar-refractivity contribution in [3.8, 4) is 0 Å². The number of nitrogens with zero attached hydrogens (tertiary/aromatic N) is 1. The van der Waals surface area contributed by atoms with Crippen LogP contribution < -0.4 is 4.72 Å². The molecule has 0 bridgehead atoms. The first-order chi connectivity index (χ1) is 12.3. The third kappa shape index (κ3) is 3.66. The lowest BCUT2D eigenvalue weighted by atomic mass is 10.1. The van der Waals surface area contributed by atoms with Crippen LogP contribution in [0.2, 0.25) is 5.02 Å². The highest BCUT2D eigenvalue weighted by Gasteiger charge is 2.18. The van der Waals surface area contributed by atoms with Gasteiger partial charge in [-0.1, -0.05) is 41.9 Å². The second-order valence-electron chi connectivity index (χ2n) is 6.01. The second-order valence-corrected chi connectivity index (χ2v) is 8.10. The topological polar surface area (TPSA) is 66.5 Å². The quantitative estimate of drug-likeness (QED) is 0.734. The summed E-state index contributed by atoms with van der Waals surface area (Å²) in [6.45, 7) is 0. The fourth-order valence-corrected chi connectivity index (χ4v) is 3.86. The van der Waals surface area contributed by atoms with Crippen molar-refractivity contribution < 1.29 is 13.2 Å². The predicted octanol–water partition coefficient (Wildman–Crippen LogP) is 4.00. The van der Waals surface area contributed by atoms with Crippen molar-refractivity contribution in [1.29, 1.82) is 0 Å². The molecule has 0 aromatic heterocycles. The van der Waals surface area contributed by atoms with Gasteiger partial charge in [-0.05, 0) is 41.1 Å². The van der Waals surface area contributed by atoms with E-state index in [0.29, 0.717) is 5.56 Å². The van der Waals surface area contributed by atoms with Crippen LogP contribution >= 0.6 is 11.6 Å². The Bertz CT molecular complexity index is 1090. The molecule has 0 aliphatic carbocycles. The van der Waals surface area contributed by atoms with Gasteiger partial charge in [-0.15, -0.1) is 0 Å². The monoisotopic (exact) mass is 388 g/mol. The van der Waals surface area contributed by atoms with Gasteiger partial charge in [0.25, 0.3) is 15.9 Å². The van der Waals surface area contributed by atoms with Gasteiger partial charge in [0.05, 0.1) is 15.6 Å². The number of nitrogens with one attached hydrogen (secondary N) is 1. The maximum atomic E-state index is 12.7. The normalized spacial score (nSPS) is 11.3. The van der Waals surface area contributed by atoms with Gasteiger partial charge < -0.3 is 4.90 Å². The first kappa shape index (κ1) is 18.2. The SMILES string of the molecule is CN(C)C(=O)c1ccc(Cl)c(NS(=O)(=O)c2ccc3ccccc3c2)c1. The summed E-state index contributed by atoms with van der Waals surface area (Å²) in [5, 5.41) is 1.98. The molecule has 3 aromatic rings. The molecule has 1 N–H and O–H groups in total. The molecule has 0 saturated heterocycles. The van der Waals surface area contributed by atoms with E-state index in [4.69, 9.17) is 11.6 Å². The highest BCUT2D eigenvalue weighted by molar-refractivity contribution is 7.92. The first-order valence-electron chi connectivity index (χ1n) is 7.81. The van der Waals surface area contributed by atoms with Crippen LogP contribution in [0.25, 0.3) is 10.8 Å². The molecule has 0 heterocycles. The number of sulfonamides is 1. The number of hydrogen-bond donors (Lipinski definition) is 1. The smallest absolute Gasteiger partial charge is 0.261 e. The summed E-state index contributed by atoms with van der Waals surface area (Å²) in [6.07, 6.45) is 0. The van der Waals surface area contributed by atoms with Gasteiger partial charge in [0, 0.05) is 19.7 Å². The van der Waals surface area contributed by atoms with Gasteiger partial charge in [-0.25, -0.2) is 8.42 Å². The molecule has 0 fully saturated rings. The molecule has 1 amide bonds. The fourth-order valence-electron chi connectivity index (χ4n) is 2.53. The lowest BCUT2D eigenvalue weighted by Crippen LogP contribution is -2.22. The number of carbonyl (C=O) groups excluding carboxylic acids is 1. The van der Waals surface area contributed by atoms with Crippen LogP contribution in [-0.4, -0.2) is 33.3 Å². The summed E-state index contributed by atoms with van der Waals surface area (Å²) in [7, 11) is -0.608. The Balaban J connectivity index is 1.98. The highest BCUT2D eigenvalue weighted by Crippen LogP contribution is 2.27. The Hall–Kier alpha value is -2.57. The van der Waals surface area contributed by atoms with E-state index in [2.05, 4.69) is 4.72 Å². The lowest BCUT2D eigenvalue weighted by molar-refractivity contribution is 0.0827. The van der Waals surface area contributed by atoms with E-state index >= 15 is 0 Å². The molecule has 0 saturated carbocycles. The van der Waals surface area contributed by atoms with Crippen molar-refractivity contribution in [2.75, 3.05) is 18.8 Å². The van der Waals surface area contributed by atoms with Crippen LogP contribution in [0.15, 0.2) is 65.6 Å². The molecule has 0 aliphatic heterocycles. The minimum Gasteiger partial charge on any atom is -0.345 e. The van der Waals surface area contributed by atoms with Crippen LogP contribution in [0.5, 0.6) is 0 Å². The zero-order valence-corrected chi connectivity index (χ0v) is 15.8. The third-order valence-electron chi connectivity index (χ3n) is 3.90. The number of rotatable bonds is 4. The van der Waals surface area contributed by atoms with E-state index < -0.39 is 10.0 Å². The van der Waals surface area contributed by atoms with Crippen LogP contribution in [-0.2, 0) is 10.0 Å². The number of halogens is 1. The van der Waals surface area contributed by atoms with Gasteiger partial charge in [-0.3, -0.25) is 9.52 Å². The van der Waals surface area contributed by atoms with Crippen LogP contribution in [0.4, 0.5) is 5.69 Å². The van der Waals surface area contributed by atoms with Crippen molar-refractivity contribution in [1.82, 2.24) is 4.90 Å². The average Bonchev–Trinajstić information content (AvgIpc) is 2.62. The van der Waals surface area contributed by atoms with Crippen LogP contribution in [0, 0.1) is 0 Å². The first-order valence-corrected chi connectivity index (χ1v) is 9.67. The standard InChI is InChI=1S/C19H17ClN2O3S/c1-22(2)19(23)15-8-10-17(20)18(12-15)21-26(24,25)16-9-7-13-5-3-4-6-14(13)11-16/h3-12,21H,1-2H3. The number of carbonyl (C=O) groups is 1. The van der Waals surface area contributed by atoms with E-state index in [-0.39, 0.29) is 21.5 Å². The predicted molar refractivity (Wildman–Crippen MR) is 104 cm³/mol. The number of hydrogen-bond acceptors (Lipinski definition) is 3. The Morgan fingerprint density at radius 1 is 0.962 bits per heavy atom. The molecule has 0 atom stereocenters. The molecule has 0 radical (unpaired) electrons. The molecule has 7 heteroatoms. The zero-order chi connectivity index (χ0) is 18.9. The zero-order valence-electron chi connectivity index (χ0n) is 14.2. The number of anilines is 1. The van der Waals surface area contributed by atoms with Crippen molar-refractivity contribution in [2.45, 2.75) is 4.90 Å². The Morgan fingerprint density at radius 3 is 2.35 bits per heavy atom. The minimum absolute atomic E-state index is 0.122. The average molecular weight is 389 g/mol.